The van der Waals surface area contributed by atoms with Gasteiger partial charge in [0.2, 0.25) is 5.91 Å². The minimum absolute atomic E-state index is 0.333. The Morgan fingerprint density at radius 2 is 2.07 bits per heavy atom. The SMILES string of the molecule is CC(CCN)CCC(=O)N1CCSCC1. The van der Waals surface area contributed by atoms with E-state index in [9.17, 15) is 4.79 Å². The van der Waals surface area contributed by atoms with Gasteiger partial charge < -0.3 is 10.6 Å². The predicted molar refractivity (Wildman–Crippen MR) is 66.0 cm³/mol. The van der Waals surface area contributed by atoms with Gasteiger partial charge in [0.1, 0.15) is 0 Å². The molecule has 1 amide bonds. The molecule has 15 heavy (non-hydrogen) atoms. The van der Waals surface area contributed by atoms with E-state index in [4.69, 9.17) is 5.73 Å². The molecule has 0 aromatic carbocycles. The monoisotopic (exact) mass is 230 g/mol. The molecule has 4 heteroatoms. The lowest BCUT2D eigenvalue weighted by Gasteiger charge is -2.26. The molecule has 1 aliphatic heterocycles. The van der Waals surface area contributed by atoms with Gasteiger partial charge in [0.15, 0.2) is 0 Å². The summed E-state index contributed by atoms with van der Waals surface area (Å²) in [5, 5.41) is 0. The number of amides is 1. The Balaban J connectivity index is 2.16. The Hall–Kier alpha value is -0.220. The van der Waals surface area contributed by atoms with Crippen LogP contribution in [0, 0.1) is 5.92 Å². The lowest BCUT2D eigenvalue weighted by atomic mass is 10.0. The maximum Gasteiger partial charge on any atom is 0.222 e. The molecule has 0 bridgehead atoms. The highest BCUT2D eigenvalue weighted by Crippen LogP contribution is 2.14. The van der Waals surface area contributed by atoms with Gasteiger partial charge in [0.05, 0.1) is 0 Å². The van der Waals surface area contributed by atoms with Crippen molar-refractivity contribution in [3.05, 3.63) is 0 Å². The van der Waals surface area contributed by atoms with Gasteiger partial charge in [-0.25, -0.2) is 0 Å². The van der Waals surface area contributed by atoms with Gasteiger partial charge in [-0.2, -0.15) is 11.8 Å². The Morgan fingerprint density at radius 3 is 2.67 bits per heavy atom. The first-order chi connectivity index (χ1) is 7.24. The first-order valence-electron chi connectivity index (χ1n) is 5.79. The second kappa shape index (κ2) is 7.12. The lowest BCUT2D eigenvalue weighted by molar-refractivity contribution is -0.131. The Kier molecular flexibility index (Phi) is 6.10. The third-order valence-corrected chi connectivity index (χ3v) is 3.82. The number of rotatable bonds is 5. The summed E-state index contributed by atoms with van der Waals surface area (Å²) in [6.45, 7) is 4.78. The molecule has 0 aromatic heterocycles. The van der Waals surface area contributed by atoms with Crippen LogP contribution in [0.3, 0.4) is 0 Å². The Morgan fingerprint density at radius 1 is 1.40 bits per heavy atom. The van der Waals surface area contributed by atoms with Gasteiger partial charge in [-0.15, -0.1) is 0 Å². The molecule has 3 nitrogen and oxygen atoms in total. The topological polar surface area (TPSA) is 46.3 Å². The van der Waals surface area contributed by atoms with Crippen LogP contribution in [0.15, 0.2) is 0 Å². The highest BCUT2D eigenvalue weighted by Gasteiger charge is 2.16. The molecule has 0 saturated carbocycles. The molecule has 0 radical (unpaired) electrons. The predicted octanol–water partition coefficient (Wildman–Crippen LogP) is 1.33. The summed E-state index contributed by atoms with van der Waals surface area (Å²) in [6, 6.07) is 0. The van der Waals surface area contributed by atoms with Crippen molar-refractivity contribution >= 4 is 17.7 Å². The molecule has 1 fully saturated rings. The van der Waals surface area contributed by atoms with E-state index in [1.165, 1.54) is 0 Å². The summed E-state index contributed by atoms with van der Waals surface area (Å²) in [5.74, 6) is 3.12. The second-order valence-corrected chi connectivity index (χ2v) is 5.44. The Labute approximate surface area is 96.8 Å². The number of nitrogens with zero attached hydrogens (tertiary/aromatic N) is 1. The highest BCUT2D eigenvalue weighted by atomic mass is 32.2. The van der Waals surface area contributed by atoms with Crippen LogP contribution in [0.2, 0.25) is 0 Å². The molecule has 0 aliphatic carbocycles. The summed E-state index contributed by atoms with van der Waals surface area (Å²) in [5.41, 5.74) is 5.48. The van der Waals surface area contributed by atoms with Crippen LogP contribution >= 0.6 is 11.8 Å². The van der Waals surface area contributed by atoms with Crippen molar-refractivity contribution in [2.24, 2.45) is 11.7 Å². The lowest BCUT2D eigenvalue weighted by Crippen LogP contribution is -2.37. The third kappa shape index (κ3) is 4.89. The minimum atomic E-state index is 0.333. The van der Waals surface area contributed by atoms with Crippen LogP contribution in [-0.2, 0) is 4.79 Å². The first kappa shape index (κ1) is 12.8. The molecule has 0 spiro atoms. The maximum absolute atomic E-state index is 11.8. The van der Waals surface area contributed by atoms with Gasteiger partial charge in [-0.05, 0) is 25.3 Å². The zero-order valence-electron chi connectivity index (χ0n) is 9.58. The van der Waals surface area contributed by atoms with Crippen molar-refractivity contribution in [2.75, 3.05) is 31.1 Å². The van der Waals surface area contributed by atoms with Gasteiger partial charge in [-0.1, -0.05) is 6.92 Å². The molecule has 0 aromatic rings. The van der Waals surface area contributed by atoms with Crippen molar-refractivity contribution in [1.29, 1.82) is 0 Å². The summed E-state index contributed by atoms with van der Waals surface area (Å²) in [7, 11) is 0. The number of hydrogen-bond donors (Lipinski definition) is 1. The molecule has 1 heterocycles. The van der Waals surface area contributed by atoms with Crippen molar-refractivity contribution < 1.29 is 4.79 Å². The fourth-order valence-electron chi connectivity index (χ4n) is 1.77. The Bertz CT molecular complexity index is 193. The van der Waals surface area contributed by atoms with Crippen molar-refractivity contribution in [2.45, 2.75) is 26.2 Å². The molecule has 1 atom stereocenters. The van der Waals surface area contributed by atoms with E-state index in [1.807, 2.05) is 16.7 Å². The van der Waals surface area contributed by atoms with Gasteiger partial charge in [0.25, 0.3) is 0 Å². The van der Waals surface area contributed by atoms with E-state index >= 15 is 0 Å². The molecular weight excluding hydrogens is 208 g/mol. The van der Waals surface area contributed by atoms with Crippen molar-refractivity contribution in [3.8, 4) is 0 Å². The standard InChI is InChI=1S/C11H22N2OS/c1-10(4-5-12)2-3-11(14)13-6-8-15-9-7-13/h10H,2-9,12H2,1H3. The fraction of sp³-hybridized carbons (Fsp3) is 0.909. The van der Waals surface area contributed by atoms with Crippen molar-refractivity contribution in [3.63, 3.8) is 0 Å². The maximum atomic E-state index is 11.8. The molecule has 1 aliphatic rings. The number of hydrogen-bond acceptors (Lipinski definition) is 3. The van der Waals surface area contributed by atoms with E-state index in [-0.39, 0.29) is 0 Å². The summed E-state index contributed by atoms with van der Waals surface area (Å²) >= 11 is 1.94. The van der Waals surface area contributed by atoms with Crippen LogP contribution in [0.4, 0.5) is 0 Å². The van der Waals surface area contributed by atoms with Crippen LogP contribution in [-0.4, -0.2) is 41.9 Å². The first-order valence-corrected chi connectivity index (χ1v) is 6.95. The number of carbonyl (C=O) groups is 1. The zero-order chi connectivity index (χ0) is 11.1. The largest absolute Gasteiger partial charge is 0.341 e. The smallest absolute Gasteiger partial charge is 0.222 e. The molecular formula is C11H22N2OS. The molecule has 1 saturated heterocycles. The van der Waals surface area contributed by atoms with Crippen molar-refractivity contribution in [1.82, 2.24) is 4.90 Å². The van der Waals surface area contributed by atoms with E-state index in [1.54, 1.807) is 0 Å². The van der Waals surface area contributed by atoms with E-state index in [0.717, 1.165) is 44.0 Å². The summed E-state index contributed by atoms with van der Waals surface area (Å²) < 4.78 is 0. The quantitative estimate of drug-likeness (QED) is 0.775. The summed E-state index contributed by atoms with van der Waals surface area (Å²) in [6.07, 6.45) is 2.72. The second-order valence-electron chi connectivity index (χ2n) is 4.21. The normalized spacial score (nSPS) is 18.9. The zero-order valence-corrected chi connectivity index (χ0v) is 10.4. The van der Waals surface area contributed by atoms with Gasteiger partial charge >= 0.3 is 0 Å². The fourth-order valence-corrected chi connectivity index (χ4v) is 2.67. The molecule has 1 unspecified atom stereocenters. The van der Waals surface area contributed by atoms with Crippen LogP contribution in [0.5, 0.6) is 0 Å². The molecule has 88 valence electrons. The number of thioether (sulfide) groups is 1. The number of carbonyl (C=O) groups excluding carboxylic acids is 1. The van der Waals surface area contributed by atoms with E-state index < -0.39 is 0 Å². The van der Waals surface area contributed by atoms with E-state index in [0.29, 0.717) is 18.2 Å². The van der Waals surface area contributed by atoms with Gasteiger partial charge in [0, 0.05) is 31.0 Å². The van der Waals surface area contributed by atoms with Gasteiger partial charge in [-0.3, -0.25) is 4.79 Å². The van der Waals surface area contributed by atoms with Crippen LogP contribution in [0.1, 0.15) is 26.2 Å². The molecule has 2 N–H and O–H groups in total. The average Bonchev–Trinajstić information content (AvgIpc) is 2.27. The highest BCUT2D eigenvalue weighted by molar-refractivity contribution is 7.99. The summed E-state index contributed by atoms with van der Waals surface area (Å²) in [4.78, 5) is 13.8. The third-order valence-electron chi connectivity index (χ3n) is 2.87. The van der Waals surface area contributed by atoms with Crippen LogP contribution in [0.25, 0.3) is 0 Å². The molecule has 1 rings (SSSR count). The number of nitrogens with two attached hydrogens (primary N) is 1. The minimum Gasteiger partial charge on any atom is -0.341 e. The van der Waals surface area contributed by atoms with Crippen LogP contribution < -0.4 is 5.73 Å². The van der Waals surface area contributed by atoms with E-state index in [2.05, 4.69) is 6.92 Å². The average molecular weight is 230 g/mol.